The minimum absolute atomic E-state index is 0.0523. The fourth-order valence-electron chi connectivity index (χ4n) is 3.46. The number of rotatable bonds is 8. The predicted octanol–water partition coefficient (Wildman–Crippen LogP) is 3.96. The number of hydrogen-bond acceptors (Lipinski definition) is 4. The van der Waals surface area contributed by atoms with Crippen molar-refractivity contribution < 1.29 is 28.2 Å². The van der Waals surface area contributed by atoms with Crippen molar-refractivity contribution in [2.45, 2.75) is 44.8 Å². The Labute approximate surface area is 162 Å². The minimum atomic E-state index is -2.89. The molecule has 2 aliphatic carbocycles. The summed E-state index contributed by atoms with van der Waals surface area (Å²) in [6.45, 7) is -2.38. The number of alkyl halides is 2. The van der Waals surface area contributed by atoms with E-state index in [0.29, 0.717) is 43.1 Å². The van der Waals surface area contributed by atoms with E-state index < -0.39 is 12.7 Å². The van der Waals surface area contributed by atoms with Crippen LogP contribution in [0.5, 0.6) is 11.5 Å². The van der Waals surface area contributed by atoms with Gasteiger partial charge in [0.2, 0.25) is 0 Å². The Morgan fingerprint density at radius 2 is 1.75 bits per heavy atom. The Bertz CT molecular complexity index is 877. The van der Waals surface area contributed by atoms with Crippen LogP contribution in [0.2, 0.25) is 0 Å². The van der Waals surface area contributed by atoms with Crippen molar-refractivity contribution in [2.24, 2.45) is 5.92 Å². The summed E-state index contributed by atoms with van der Waals surface area (Å²) in [6.07, 6.45) is 3.02. The second kappa shape index (κ2) is 7.87. The second-order valence-corrected chi connectivity index (χ2v) is 7.49. The number of aliphatic hydroxyl groups is 1. The summed E-state index contributed by atoms with van der Waals surface area (Å²) in [5.74, 6) is 0.678. The molecule has 28 heavy (non-hydrogen) atoms. The van der Waals surface area contributed by atoms with Gasteiger partial charge in [0.15, 0.2) is 17.3 Å². The van der Waals surface area contributed by atoms with Gasteiger partial charge in [-0.05, 0) is 66.5 Å². The van der Waals surface area contributed by atoms with Crippen molar-refractivity contribution in [3.63, 3.8) is 0 Å². The van der Waals surface area contributed by atoms with Gasteiger partial charge in [-0.3, -0.25) is 4.79 Å². The highest BCUT2D eigenvalue weighted by atomic mass is 19.3. The van der Waals surface area contributed by atoms with Crippen LogP contribution in [-0.4, -0.2) is 30.2 Å². The summed E-state index contributed by atoms with van der Waals surface area (Å²) in [7, 11) is 0. The average molecular weight is 388 g/mol. The molecular weight excluding hydrogens is 366 g/mol. The van der Waals surface area contributed by atoms with Crippen LogP contribution >= 0.6 is 0 Å². The number of fused-ring (bicyclic) bond motifs is 1. The maximum atomic E-state index is 12.6. The zero-order valence-electron chi connectivity index (χ0n) is 15.4. The van der Waals surface area contributed by atoms with E-state index in [4.69, 9.17) is 4.74 Å². The van der Waals surface area contributed by atoms with Crippen LogP contribution in [0, 0.1) is 5.92 Å². The normalized spacial score (nSPS) is 18.4. The Balaban J connectivity index is 1.45. The zero-order chi connectivity index (χ0) is 19.7. The third kappa shape index (κ3) is 4.33. The minimum Gasteiger partial charge on any atom is -0.489 e. The molecule has 1 atom stereocenters. The van der Waals surface area contributed by atoms with E-state index in [1.54, 1.807) is 12.1 Å². The average Bonchev–Trinajstić information content (AvgIpc) is 3.45. The van der Waals surface area contributed by atoms with Gasteiger partial charge in [-0.1, -0.05) is 18.2 Å². The molecule has 4 rings (SSSR count). The number of aliphatic hydroxyl groups excluding tert-OH is 1. The van der Waals surface area contributed by atoms with Gasteiger partial charge < -0.3 is 14.6 Å². The second-order valence-electron chi connectivity index (χ2n) is 7.49. The third-order valence-corrected chi connectivity index (χ3v) is 5.25. The molecule has 2 aromatic carbocycles. The van der Waals surface area contributed by atoms with Crippen molar-refractivity contribution in [2.75, 3.05) is 6.61 Å². The summed E-state index contributed by atoms with van der Waals surface area (Å²) < 4.78 is 35.5. The lowest BCUT2D eigenvalue weighted by Gasteiger charge is -2.14. The summed E-state index contributed by atoms with van der Waals surface area (Å²) in [4.78, 5) is 12.0. The van der Waals surface area contributed by atoms with E-state index in [2.05, 4.69) is 4.74 Å². The smallest absolute Gasteiger partial charge is 0.387 e. The van der Waals surface area contributed by atoms with Crippen LogP contribution in [0.15, 0.2) is 36.4 Å². The number of ether oxygens (including phenoxy) is 2. The van der Waals surface area contributed by atoms with Crippen molar-refractivity contribution in [1.82, 2.24) is 0 Å². The molecule has 0 aliphatic heterocycles. The molecule has 2 aliphatic rings. The summed E-state index contributed by atoms with van der Waals surface area (Å²) in [5.41, 5.74) is 3.42. The first-order chi connectivity index (χ1) is 13.5. The molecule has 0 saturated heterocycles. The van der Waals surface area contributed by atoms with E-state index in [1.165, 1.54) is 6.07 Å². The quantitative estimate of drug-likeness (QED) is 0.744. The lowest BCUT2D eigenvalue weighted by molar-refractivity contribution is -0.0515. The van der Waals surface area contributed by atoms with Crippen LogP contribution in [0.1, 0.15) is 39.9 Å². The highest BCUT2D eigenvalue weighted by Gasteiger charge is 2.28. The van der Waals surface area contributed by atoms with E-state index in [1.807, 2.05) is 18.2 Å². The van der Waals surface area contributed by atoms with Gasteiger partial charge in [0.1, 0.15) is 6.10 Å². The van der Waals surface area contributed by atoms with Gasteiger partial charge in [-0.2, -0.15) is 8.78 Å². The number of carbonyl (C=O) groups is 1. The molecule has 0 aromatic heterocycles. The summed E-state index contributed by atoms with van der Waals surface area (Å²) in [6, 6.07) is 10.7. The molecular formula is C22H22F2O4. The van der Waals surface area contributed by atoms with E-state index in [-0.39, 0.29) is 11.5 Å². The largest absolute Gasteiger partial charge is 0.489 e. The molecule has 1 saturated carbocycles. The molecule has 0 spiro atoms. The first kappa shape index (κ1) is 18.9. The molecule has 0 bridgehead atoms. The van der Waals surface area contributed by atoms with Crippen molar-refractivity contribution in [3.05, 3.63) is 58.7 Å². The standard InChI is InChI=1S/C22H22F2O4/c23-22(24)28-19-8-6-14(10-20(19)27-12-15-3-4-15)2-1-13-5-7-16-11-18(25)21(26)17(16)9-13/h5-10,15,18,22,25H,1-4,11-12H2. The fourth-order valence-corrected chi connectivity index (χ4v) is 3.46. The zero-order valence-corrected chi connectivity index (χ0v) is 15.4. The molecule has 148 valence electrons. The van der Waals surface area contributed by atoms with Crippen LogP contribution in [0.3, 0.4) is 0 Å². The number of aryl methyl sites for hydroxylation is 2. The van der Waals surface area contributed by atoms with Crippen LogP contribution in [-0.2, 0) is 19.3 Å². The van der Waals surface area contributed by atoms with Gasteiger partial charge in [0.05, 0.1) is 6.61 Å². The van der Waals surface area contributed by atoms with E-state index in [0.717, 1.165) is 29.5 Å². The maximum absolute atomic E-state index is 12.6. The van der Waals surface area contributed by atoms with Crippen molar-refractivity contribution in [1.29, 1.82) is 0 Å². The van der Waals surface area contributed by atoms with Gasteiger partial charge >= 0.3 is 6.61 Å². The Kier molecular flexibility index (Phi) is 5.31. The van der Waals surface area contributed by atoms with Gasteiger partial charge in [0.25, 0.3) is 0 Å². The Morgan fingerprint density at radius 3 is 2.46 bits per heavy atom. The number of ketones is 1. The molecule has 1 unspecified atom stereocenters. The van der Waals surface area contributed by atoms with E-state index in [9.17, 15) is 18.7 Å². The molecule has 1 fully saturated rings. The predicted molar refractivity (Wildman–Crippen MR) is 99.2 cm³/mol. The monoisotopic (exact) mass is 388 g/mol. The Morgan fingerprint density at radius 1 is 1.04 bits per heavy atom. The van der Waals surface area contributed by atoms with E-state index >= 15 is 0 Å². The first-order valence-electron chi connectivity index (χ1n) is 9.54. The lowest BCUT2D eigenvalue weighted by Crippen LogP contribution is -2.14. The number of carbonyl (C=O) groups excluding carboxylic acids is 1. The van der Waals surface area contributed by atoms with Crippen molar-refractivity contribution in [3.8, 4) is 11.5 Å². The maximum Gasteiger partial charge on any atom is 0.387 e. The summed E-state index contributed by atoms with van der Waals surface area (Å²) >= 11 is 0. The Hall–Kier alpha value is -2.47. The number of benzene rings is 2. The molecule has 2 aromatic rings. The van der Waals surface area contributed by atoms with Crippen LogP contribution in [0.4, 0.5) is 8.78 Å². The molecule has 6 heteroatoms. The third-order valence-electron chi connectivity index (χ3n) is 5.25. The molecule has 0 radical (unpaired) electrons. The number of hydrogen-bond donors (Lipinski definition) is 1. The van der Waals surface area contributed by atoms with Crippen LogP contribution < -0.4 is 9.47 Å². The fraction of sp³-hybridized carbons (Fsp3) is 0.409. The van der Waals surface area contributed by atoms with Gasteiger partial charge in [-0.25, -0.2) is 0 Å². The topological polar surface area (TPSA) is 55.8 Å². The molecule has 0 heterocycles. The van der Waals surface area contributed by atoms with Gasteiger partial charge in [0, 0.05) is 12.0 Å². The molecule has 1 N–H and O–H groups in total. The van der Waals surface area contributed by atoms with Crippen LogP contribution in [0.25, 0.3) is 0 Å². The highest BCUT2D eigenvalue weighted by molar-refractivity contribution is 6.03. The highest BCUT2D eigenvalue weighted by Crippen LogP contribution is 2.34. The first-order valence-corrected chi connectivity index (χ1v) is 9.54. The molecule has 4 nitrogen and oxygen atoms in total. The van der Waals surface area contributed by atoms with Crippen molar-refractivity contribution >= 4 is 5.78 Å². The number of Topliss-reactive ketones (excluding diaryl/α,β-unsaturated/α-hetero) is 1. The molecule has 0 amide bonds. The number of halogens is 2. The summed E-state index contributed by atoms with van der Waals surface area (Å²) in [5, 5.41) is 9.70. The SMILES string of the molecule is O=C1c2cc(CCc3ccc(OC(F)F)c(OCC4CC4)c3)ccc2CC1O. The van der Waals surface area contributed by atoms with Gasteiger partial charge in [-0.15, -0.1) is 0 Å². The lowest BCUT2D eigenvalue weighted by atomic mass is 10.00.